The fourth-order valence-electron chi connectivity index (χ4n) is 11.4. The molecule has 0 aromatic heterocycles. The van der Waals surface area contributed by atoms with E-state index in [1.165, 1.54) is 58.2 Å². The molecule has 0 amide bonds. The van der Waals surface area contributed by atoms with E-state index in [1.807, 2.05) is 0 Å². The van der Waals surface area contributed by atoms with Crippen LogP contribution in [0.25, 0.3) is 22.3 Å². The minimum absolute atomic E-state index is 0.0307. The maximum Gasteiger partial charge on any atom is 0.0887 e. The molecule has 0 saturated heterocycles. The Morgan fingerprint density at radius 3 is 1.66 bits per heavy atom. The van der Waals surface area contributed by atoms with Crippen molar-refractivity contribution in [2.75, 3.05) is 9.80 Å². The van der Waals surface area contributed by atoms with Crippen LogP contribution in [0.5, 0.6) is 0 Å². The molecule has 7 aromatic rings. The molecule has 0 aliphatic heterocycles. The van der Waals surface area contributed by atoms with Crippen LogP contribution in [0.15, 0.2) is 170 Å². The molecule has 1 spiro atoms. The van der Waals surface area contributed by atoms with E-state index in [0.717, 1.165) is 34.1 Å². The number of fused-ring (bicyclic) bond motifs is 8. The second-order valence-corrected chi connectivity index (χ2v) is 19.4. The van der Waals surface area contributed by atoms with Gasteiger partial charge in [0.05, 0.1) is 16.4 Å². The lowest BCUT2D eigenvalue weighted by atomic mass is 9.55. The lowest BCUT2D eigenvalue weighted by molar-refractivity contribution is 0.0990. The molecule has 3 unspecified atom stereocenters. The third-order valence-corrected chi connectivity index (χ3v) is 15.4. The zero-order valence-electron chi connectivity index (χ0n) is 35.1. The summed E-state index contributed by atoms with van der Waals surface area (Å²) in [4.78, 5) is 4.69. The van der Waals surface area contributed by atoms with Crippen LogP contribution in [0.3, 0.4) is 0 Å². The summed E-state index contributed by atoms with van der Waals surface area (Å²) in [6.45, 7) is 14.5. The van der Waals surface area contributed by atoms with Gasteiger partial charge in [-0.2, -0.15) is 0 Å². The van der Waals surface area contributed by atoms with Gasteiger partial charge in [0.25, 0.3) is 0 Å². The Balaban J connectivity index is 1.16. The van der Waals surface area contributed by atoms with E-state index >= 15 is 0 Å². The highest BCUT2D eigenvalue weighted by molar-refractivity contribution is 6.36. The van der Waals surface area contributed by atoms with Crippen LogP contribution in [-0.4, -0.2) is 0 Å². The van der Waals surface area contributed by atoms with Crippen LogP contribution in [0.2, 0.25) is 5.02 Å². The smallest absolute Gasteiger partial charge is 0.0887 e. The SMILES string of the molecule is CC(C)(C)c1ccc(N(c2ccc3c(c2)C2(CC4CCC2(C)C4(C)C)c2ccccc2-3)c2cccc(N(c3ccccc3)c3ccc(-c4ccccc4)cc3)c2Cl)cc1. The first kappa shape index (κ1) is 37.7. The zero-order chi connectivity index (χ0) is 40.7. The number of benzene rings is 7. The average Bonchev–Trinajstić information content (AvgIpc) is 3.73. The highest BCUT2D eigenvalue weighted by Crippen LogP contribution is 2.78. The van der Waals surface area contributed by atoms with Crippen molar-refractivity contribution in [2.24, 2.45) is 16.7 Å². The van der Waals surface area contributed by atoms with E-state index in [2.05, 4.69) is 221 Å². The van der Waals surface area contributed by atoms with Gasteiger partial charge in [0.2, 0.25) is 0 Å². The molecule has 2 bridgehead atoms. The molecule has 3 atom stereocenters. The summed E-state index contributed by atoms with van der Waals surface area (Å²) in [7, 11) is 0. The quantitative estimate of drug-likeness (QED) is 0.159. The predicted molar refractivity (Wildman–Crippen MR) is 250 cm³/mol. The van der Waals surface area contributed by atoms with Gasteiger partial charge < -0.3 is 9.80 Å². The molecule has 2 fully saturated rings. The minimum atomic E-state index is -0.0508. The maximum absolute atomic E-state index is 7.87. The maximum atomic E-state index is 7.87. The van der Waals surface area contributed by atoms with Crippen LogP contribution in [0.4, 0.5) is 34.1 Å². The van der Waals surface area contributed by atoms with Crippen molar-refractivity contribution in [3.8, 4) is 22.3 Å². The molecule has 59 heavy (non-hydrogen) atoms. The molecule has 294 valence electrons. The topological polar surface area (TPSA) is 6.48 Å². The zero-order valence-corrected chi connectivity index (χ0v) is 35.9. The lowest BCUT2D eigenvalue weighted by Crippen LogP contribution is -2.44. The summed E-state index contributed by atoms with van der Waals surface area (Å²) >= 11 is 7.87. The Morgan fingerprint density at radius 2 is 1.05 bits per heavy atom. The van der Waals surface area contributed by atoms with Crippen LogP contribution in [-0.2, 0) is 10.8 Å². The van der Waals surface area contributed by atoms with Crippen LogP contribution < -0.4 is 9.80 Å². The number of nitrogens with zero attached hydrogens (tertiary/aromatic N) is 2. The summed E-state index contributed by atoms with van der Waals surface area (Å²) in [5.41, 5.74) is 16.0. The summed E-state index contributed by atoms with van der Waals surface area (Å²) in [5, 5.41) is 0.690. The monoisotopic (exact) mass is 788 g/mol. The first-order valence-corrected chi connectivity index (χ1v) is 21.7. The fraction of sp³-hybridized carbons (Fsp3) is 0.250. The molecule has 0 N–H and O–H groups in total. The molecule has 7 aromatic carbocycles. The first-order chi connectivity index (χ1) is 28.4. The van der Waals surface area contributed by atoms with E-state index < -0.39 is 0 Å². The molecule has 2 nitrogen and oxygen atoms in total. The van der Waals surface area contributed by atoms with Crippen molar-refractivity contribution in [1.29, 1.82) is 0 Å². The summed E-state index contributed by atoms with van der Waals surface area (Å²) in [5.74, 6) is 0.688. The molecule has 3 aliphatic rings. The average molecular weight is 790 g/mol. The highest BCUT2D eigenvalue weighted by atomic mass is 35.5. The van der Waals surface area contributed by atoms with Gasteiger partial charge in [-0.1, -0.05) is 162 Å². The molecule has 10 rings (SSSR count). The van der Waals surface area contributed by atoms with E-state index in [1.54, 1.807) is 0 Å². The number of para-hydroxylation sites is 1. The van der Waals surface area contributed by atoms with Crippen LogP contribution in [0, 0.1) is 16.7 Å². The Hall–Kier alpha value is -5.57. The summed E-state index contributed by atoms with van der Waals surface area (Å²) < 4.78 is 0. The van der Waals surface area contributed by atoms with E-state index in [4.69, 9.17) is 11.6 Å². The Bertz CT molecular complexity index is 2680. The second kappa shape index (κ2) is 13.7. The standard InChI is InChI=1S/C56H53ClN2/c1-53(2,3)40-26-30-44(31-27-40)59(45-32-33-47-46-20-13-14-21-48(46)56(49(47)36-45)37-41-34-35-55(56,6)54(41,4)5)51-23-15-22-50(52(51)57)58(42-18-11-8-12-19-42)43-28-24-39(25-29-43)38-16-9-7-10-17-38/h7-33,36,41H,34-35,37H2,1-6H3. The predicted octanol–water partition coefficient (Wildman–Crippen LogP) is 16.4. The fourth-order valence-corrected chi connectivity index (χ4v) is 11.7. The van der Waals surface area contributed by atoms with Gasteiger partial charge in [0, 0.05) is 28.2 Å². The first-order valence-electron chi connectivity index (χ1n) is 21.4. The number of halogens is 1. The lowest BCUT2D eigenvalue weighted by Gasteiger charge is -2.48. The summed E-state index contributed by atoms with van der Waals surface area (Å²) in [6.07, 6.45) is 3.75. The van der Waals surface area contributed by atoms with Gasteiger partial charge in [0.1, 0.15) is 0 Å². The van der Waals surface area contributed by atoms with Crippen molar-refractivity contribution < 1.29 is 0 Å². The molecular weight excluding hydrogens is 736 g/mol. The van der Waals surface area contributed by atoms with Crippen LogP contribution >= 0.6 is 11.6 Å². The van der Waals surface area contributed by atoms with Crippen molar-refractivity contribution in [3.63, 3.8) is 0 Å². The van der Waals surface area contributed by atoms with Gasteiger partial charge in [0.15, 0.2) is 0 Å². The third kappa shape index (κ3) is 5.66. The highest BCUT2D eigenvalue weighted by Gasteiger charge is 2.71. The van der Waals surface area contributed by atoms with Crippen molar-refractivity contribution in [3.05, 3.63) is 192 Å². The Kier molecular flexibility index (Phi) is 8.78. The molecule has 3 heteroatoms. The van der Waals surface area contributed by atoms with Gasteiger partial charge in [-0.3, -0.25) is 0 Å². The number of anilines is 6. The van der Waals surface area contributed by atoms with Crippen LogP contribution in [0.1, 0.15) is 77.5 Å². The van der Waals surface area contributed by atoms with Gasteiger partial charge >= 0.3 is 0 Å². The van der Waals surface area contributed by atoms with Gasteiger partial charge in [-0.05, 0) is 141 Å². The number of rotatable bonds is 7. The molecule has 2 saturated carbocycles. The van der Waals surface area contributed by atoms with Gasteiger partial charge in [-0.15, -0.1) is 0 Å². The minimum Gasteiger partial charge on any atom is -0.309 e. The molecule has 3 aliphatic carbocycles. The largest absolute Gasteiger partial charge is 0.309 e. The van der Waals surface area contributed by atoms with Crippen molar-refractivity contribution in [1.82, 2.24) is 0 Å². The van der Waals surface area contributed by atoms with Crippen molar-refractivity contribution >= 4 is 45.7 Å². The Labute approximate surface area is 356 Å². The normalized spacial score (nSPS) is 21.0. The van der Waals surface area contributed by atoms with E-state index in [0.29, 0.717) is 10.9 Å². The molecule has 0 heterocycles. The second-order valence-electron chi connectivity index (χ2n) is 19.0. The summed E-state index contributed by atoms with van der Waals surface area (Å²) in [6, 6.07) is 62.1. The Morgan fingerprint density at radius 1 is 0.525 bits per heavy atom. The van der Waals surface area contributed by atoms with E-state index in [-0.39, 0.29) is 21.7 Å². The van der Waals surface area contributed by atoms with E-state index in [9.17, 15) is 0 Å². The van der Waals surface area contributed by atoms with Crippen molar-refractivity contribution in [2.45, 2.75) is 71.6 Å². The number of hydrogen-bond acceptors (Lipinski definition) is 2. The number of hydrogen-bond donors (Lipinski definition) is 0. The molecule has 0 radical (unpaired) electrons. The molecular formula is C56H53ClN2. The third-order valence-electron chi connectivity index (χ3n) is 15.0. The van der Waals surface area contributed by atoms with Gasteiger partial charge in [-0.25, -0.2) is 0 Å².